The van der Waals surface area contributed by atoms with Crippen LogP contribution < -0.4 is 5.32 Å². The zero-order valence-electron chi connectivity index (χ0n) is 14.0. The molecular formula is C15H21NO8S. The summed E-state index contributed by atoms with van der Waals surface area (Å²) in [4.78, 5) is 22.8. The van der Waals surface area contributed by atoms with E-state index in [0.29, 0.717) is 12.0 Å². The van der Waals surface area contributed by atoms with Crippen LogP contribution in [-0.2, 0) is 38.1 Å². The van der Waals surface area contributed by atoms with Crippen molar-refractivity contribution < 1.29 is 36.4 Å². The monoisotopic (exact) mass is 375 g/mol. The first-order valence-electron chi connectivity index (χ1n) is 7.96. The van der Waals surface area contributed by atoms with E-state index in [4.69, 9.17) is 18.4 Å². The van der Waals surface area contributed by atoms with E-state index in [9.17, 15) is 18.0 Å². The van der Waals surface area contributed by atoms with Crippen LogP contribution in [0.2, 0.25) is 0 Å². The summed E-state index contributed by atoms with van der Waals surface area (Å²) >= 11 is 0. The van der Waals surface area contributed by atoms with E-state index >= 15 is 0 Å². The minimum atomic E-state index is -3.61. The highest BCUT2D eigenvalue weighted by molar-refractivity contribution is 7.87. The molecule has 3 fully saturated rings. The fourth-order valence-corrected chi connectivity index (χ4v) is 5.10. The highest BCUT2D eigenvalue weighted by Gasteiger charge is 2.71. The van der Waals surface area contributed by atoms with Crippen LogP contribution in [0.3, 0.4) is 0 Å². The molecule has 0 spiro atoms. The Morgan fingerprint density at radius 1 is 1.36 bits per heavy atom. The van der Waals surface area contributed by atoms with Crippen molar-refractivity contribution in [3.8, 4) is 0 Å². The Bertz CT molecular complexity index is 704. The Kier molecular flexibility index (Phi) is 4.65. The van der Waals surface area contributed by atoms with Gasteiger partial charge in [0.2, 0.25) is 5.91 Å². The van der Waals surface area contributed by atoms with Crippen LogP contribution in [0.25, 0.3) is 0 Å². The van der Waals surface area contributed by atoms with Crippen LogP contribution in [-0.4, -0.2) is 69.2 Å². The van der Waals surface area contributed by atoms with E-state index in [1.54, 1.807) is 6.92 Å². The van der Waals surface area contributed by atoms with Crippen molar-refractivity contribution >= 4 is 22.0 Å². The van der Waals surface area contributed by atoms with Crippen molar-refractivity contribution in [2.75, 3.05) is 19.8 Å². The maximum absolute atomic E-state index is 11.9. The number of hydrogen-bond acceptors (Lipinski definition) is 8. The zero-order chi connectivity index (χ0) is 18.4. The third-order valence-corrected chi connectivity index (χ3v) is 6.46. The second-order valence-corrected chi connectivity index (χ2v) is 8.37. The first-order valence-corrected chi connectivity index (χ1v) is 9.43. The maximum Gasteiger partial charge on any atom is 0.325 e. The van der Waals surface area contributed by atoms with Crippen molar-refractivity contribution in [2.45, 2.75) is 49.4 Å². The minimum Gasteiger partial charge on any atom is -0.462 e. The Morgan fingerprint density at radius 2 is 2.08 bits per heavy atom. The first kappa shape index (κ1) is 18.3. The topological polar surface area (TPSA) is 117 Å². The molecule has 0 aliphatic carbocycles. The Morgan fingerprint density at radius 3 is 2.76 bits per heavy atom. The number of rotatable bonds is 7. The summed E-state index contributed by atoms with van der Waals surface area (Å²) in [6.07, 6.45) is -1.20. The molecule has 9 nitrogen and oxygen atoms in total. The van der Waals surface area contributed by atoms with Gasteiger partial charge in [0.05, 0.1) is 12.7 Å². The number of carbonyl (C=O) groups is 2. The van der Waals surface area contributed by atoms with E-state index in [1.807, 2.05) is 0 Å². The normalized spacial score (nSPS) is 37.0. The Hall–Kier alpha value is -1.49. The molecule has 2 bridgehead atoms. The summed E-state index contributed by atoms with van der Waals surface area (Å²) in [7, 11) is -3.61. The number of esters is 1. The quantitative estimate of drug-likeness (QED) is 0.268. The van der Waals surface area contributed by atoms with Gasteiger partial charge in [0.15, 0.2) is 0 Å². The van der Waals surface area contributed by atoms with Gasteiger partial charge in [0, 0.05) is 5.57 Å². The first-order chi connectivity index (χ1) is 11.6. The number of nitrogens with one attached hydrogen (secondary N) is 1. The standard InChI is InChI=1S/C15H21NO8S/c1-8(2)14(18)16-7-11(17)21-4-5-22-15(3)10-6-9-12(23-10)13(15)24-25(9,19)20/h9-10,12-13H,1,4-7H2,2-3H3,(H,16,18). The maximum atomic E-state index is 11.9. The second kappa shape index (κ2) is 6.35. The summed E-state index contributed by atoms with van der Waals surface area (Å²) in [5.41, 5.74) is -0.601. The predicted molar refractivity (Wildman–Crippen MR) is 84.0 cm³/mol. The molecular weight excluding hydrogens is 354 g/mol. The highest BCUT2D eigenvalue weighted by Crippen LogP contribution is 2.53. The van der Waals surface area contributed by atoms with Gasteiger partial charge < -0.3 is 19.5 Å². The number of fused-ring (bicyclic) bond motifs is 1. The number of ether oxygens (including phenoxy) is 3. The van der Waals surface area contributed by atoms with Crippen LogP contribution in [0.15, 0.2) is 12.2 Å². The molecule has 5 atom stereocenters. The van der Waals surface area contributed by atoms with Crippen molar-refractivity contribution in [1.82, 2.24) is 5.32 Å². The minimum absolute atomic E-state index is 0.0301. The van der Waals surface area contributed by atoms with Crippen molar-refractivity contribution in [3.63, 3.8) is 0 Å². The summed E-state index contributed by atoms with van der Waals surface area (Å²) in [6.45, 7) is 6.50. The SMILES string of the molecule is C=C(C)C(=O)NCC(=O)OCCOC1(C)C2CC3C(O2)C1OS3(=O)=O. The van der Waals surface area contributed by atoms with Gasteiger partial charge in [-0.1, -0.05) is 6.58 Å². The van der Waals surface area contributed by atoms with Crippen molar-refractivity contribution in [3.05, 3.63) is 12.2 Å². The summed E-state index contributed by atoms with van der Waals surface area (Å²) in [5.74, 6) is -1.03. The molecule has 0 aromatic rings. The lowest BCUT2D eigenvalue weighted by Crippen LogP contribution is -2.51. The molecule has 3 saturated heterocycles. The van der Waals surface area contributed by atoms with Crippen molar-refractivity contribution in [2.24, 2.45) is 0 Å². The molecule has 3 heterocycles. The van der Waals surface area contributed by atoms with Gasteiger partial charge in [-0.3, -0.25) is 13.8 Å². The lowest BCUT2D eigenvalue weighted by atomic mass is 9.83. The van der Waals surface area contributed by atoms with Crippen LogP contribution in [0.5, 0.6) is 0 Å². The van der Waals surface area contributed by atoms with E-state index in [2.05, 4.69) is 11.9 Å². The largest absolute Gasteiger partial charge is 0.462 e. The molecule has 140 valence electrons. The molecule has 0 radical (unpaired) electrons. The molecule has 0 aromatic heterocycles. The van der Waals surface area contributed by atoms with Gasteiger partial charge in [0.1, 0.15) is 36.2 Å². The molecule has 3 aliphatic heterocycles. The number of amides is 1. The molecule has 3 rings (SSSR count). The third kappa shape index (κ3) is 3.19. The van der Waals surface area contributed by atoms with Gasteiger partial charge in [0.25, 0.3) is 10.1 Å². The van der Waals surface area contributed by atoms with Gasteiger partial charge in [-0.2, -0.15) is 8.42 Å². The average Bonchev–Trinajstić information content (AvgIpc) is 3.14. The molecule has 5 unspecified atom stereocenters. The van der Waals surface area contributed by atoms with Crippen LogP contribution in [0.4, 0.5) is 0 Å². The van der Waals surface area contributed by atoms with Crippen LogP contribution in [0.1, 0.15) is 20.3 Å². The Labute approximate surface area is 145 Å². The molecule has 1 amide bonds. The molecule has 3 aliphatic rings. The van der Waals surface area contributed by atoms with Gasteiger partial charge in [-0.25, -0.2) is 0 Å². The van der Waals surface area contributed by atoms with Crippen LogP contribution in [0, 0.1) is 0 Å². The lowest BCUT2D eigenvalue weighted by Gasteiger charge is -2.33. The number of hydrogen-bond donors (Lipinski definition) is 1. The smallest absolute Gasteiger partial charge is 0.325 e. The van der Waals surface area contributed by atoms with E-state index < -0.39 is 45.1 Å². The summed E-state index contributed by atoms with van der Waals surface area (Å²) in [5, 5.41) is 1.75. The second-order valence-electron chi connectivity index (χ2n) is 6.59. The third-order valence-electron chi connectivity index (χ3n) is 4.79. The van der Waals surface area contributed by atoms with E-state index in [-0.39, 0.29) is 25.9 Å². The van der Waals surface area contributed by atoms with E-state index in [0.717, 1.165) is 0 Å². The zero-order valence-corrected chi connectivity index (χ0v) is 14.8. The summed E-state index contributed by atoms with van der Waals surface area (Å²) < 4.78 is 45.4. The lowest BCUT2D eigenvalue weighted by molar-refractivity contribution is -0.151. The predicted octanol–water partition coefficient (Wildman–Crippen LogP) is -0.734. The van der Waals surface area contributed by atoms with Gasteiger partial charge in [-0.05, 0) is 20.3 Å². The average molecular weight is 375 g/mol. The molecule has 25 heavy (non-hydrogen) atoms. The molecule has 10 heteroatoms. The summed E-state index contributed by atoms with van der Waals surface area (Å²) in [6, 6.07) is 0. The molecule has 0 saturated carbocycles. The Balaban J connectivity index is 1.43. The van der Waals surface area contributed by atoms with Gasteiger partial charge in [-0.15, -0.1) is 0 Å². The van der Waals surface area contributed by atoms with Crippen LogP contribution >= 0.6 is 0 Å². The van der Waals surface area contributed by atoms with Crippen molar-refractivity contribution in [1.29, 1.82) is 0 Å². The van der Waals surface area contributed by atoms with Gasteiger partial charge >= 0.3 is 5.97 Å². The molecule has 1 N–H and O–H groups in total. The fraction of sp³-hybridized carbons (Fsp3) is 0.733. The highest BCUT2D eigenvalue weighted by atomic mass is 32.2. The number of carbonyl (C=O) groups excluding carboxylic acids is 2. The molecule has 0 aromatic carbocycles. The fourth-order valence-electron chi connectivity index (χ4n) is 3.42. The van der Waals surface area contributed by atoms with E-state index in [1.165, 1.54) is 6.92 Å².